The molecule has 0 aliphatic heterocycles. The number of carbonyl (C=O) groups excluding carboxylic acids is 3. The Bertz CT molecular complexity index is 1620. The van der Waals surface area contributed by atoms with Gasteiger partial charge in [-0.15, -0.1) is 0 Å². The van der Waals surface area contributed by atoms with Crippen molar-refractivity contribution in [1.29, 1.82) is 5.26 Å². The molecule has 0 unspecified atom stereocenters. The van der Waals surface area contributed by atoms with E-state index in [0.29, 0.717) is 16.7 Å². The zero-order chi connectivity index (χ0) is 28.6. The topological polar surface area (TPSA) is 151 Å². The lowest BCUT2D eigenvalue weighted by Crippen LogP contribution is -2.33. The third kappa shape index (κ3) is 6.89. The zero-order valence-electron chi connectivity index (χ0n) is 20.9. The van der Waals surface area contributed by atoms with Gasteiger partial charge in [-0.25, -0.2) is 15.1 Å². The summed E-state index contributed by atoms with van der Waals surface area (Å²) < 4.78 is 1.62. The highest BCUT2D eigenvalue weighted by atomic mass is 79.9. The Kier molecular flexibility index (Phi) is 9.23. The minimum atomic E-state index is -0.770. The summed E-state index contributed by atoms with van der Waals surface area (Å²) in [5, 5.41) is 19.3. The van der Waals surface area contributed by atoms with E-state index in [1.165, 1.54) is 29.1 Å². The standard InChI is InChI=1S/C27H21BrClN7O4/c1-16-10-18(13-30)11-19(26(38)35-40-15-23(37)32-14-17-6-3-2-4-7-17)24(16)33-27(39)21-12-22(28)34-36(21)25-20(29)8-5-9-31-25/h2-12H,14-15H2,1H3,(H,32,37)(H,33,39)(H,35,38). The van der Waals surface area contributed by atoms with Crippen LogP contribution < -0.4 is 16.1 Å². The van der Waals surface area contributed by atoms with Crippen LogP contribution in [0.5, 0.6) is 0 Å². The van der Waals surface area contributed by atoms with Crippen molar-refractivity contribution in [3.05, 3.63) is 104 Å². The predicted octanol–water partition coefficient (Wildman–Crippen LogP) is 4.09. The van der Waals surface area contributed by atoms with Gasteiger partial charge >= 0.3 is 0 Å². The molecule has 0 spiro atoms. The maximum Gasteiger partial charge on any atom is 0.277 e. The molecule has 13 heteroatoms. The maximum atomic E-state index is 13.4. The quantitative estimate of drug-likeness (QED) is 0.238. The van der Waals surface area contributed by atoms with Gasteiger partial charge in [0.25, 0.3) is 11.8 Å². The normalized spacial score (nSPS) is 10.4. The molecule has 2 heterocycles. The summed E-state index contributed by atoms with van der Waals surface area (Å²) >= 11 is 9.52. The number of aryl methyl sites for hydroxylation is 1. The number of carbonyl (C=O) groups is 3. The number of hydrogen-bond donors (Lipinski definition) is 3. The molecule has 40 heavy (non-hydrogen) atoms. The molecule has 0 aliphatic carbocycles. The van der Waals surface area contributed by atoms with E-state index in [1.54, 1.807) is 19.1 Å². The first kappa shape index (κ1) is 28.4. The third-order valence-electron chi connectivity index (χ3n) is 5.50. The Labute approximate surface area is 242 Å². The lowest BCUT2D eigenvalue weighted by molar-refractivity contribution is -0.127. The van der Waals surface area contributed by atoms with Crippen molar-refractivity contribution in [2.45, 2.75) is 13.5 Å². The first-order valence-electron chi connectivity index (χ1n) is 11.7. The molecule has 0 aliphatic rings. The van der Waals surface area contributed by atoms with Crippen molar-refractivity contribution in [1.82, 2.24) is 25.6 Å². The average Bonchev–Trinajstić information content (AvgIpc) is 3.34. The molecule has 4 aromatic rings. The van der Waals surface area contributed by atoms with Gasteiger partial charge in [-0.1, -0.05) is 41.9 Å². The summed E-state index contributed by atoms with van der Waals surface area (Å²) in [6.07, 6.45) is 1.51. The Hall–Kier alpha value is -4.57. The van der Waals surface area contributed by atoms with Gasteiger partial charge in [-0.2, -0.15) is 10.4 Å². The summed E-state index contributed by atoms with van der Waals surface area (Å²) in [5.74, 6) is -1.61. The summed E-state index contributed by atoms with van der Waals surface area (Å²) in [6.45, 7) is 1.48. The van der Waals surface area contributed by atoms with Crippen LogP contribution in [0.1, 0.15) is 37.5 Å². The van der Waals surface area contributed by atoms with Crippen molar-refractivity contribution >= 4 is 50.9 Å². The highest BCUT2D eigenvalue weighted by Gasteiger charge is 2.23. The van der Waals surface area contributed by atoms with Gasteiger partial charge in [0.2, 0.25) is 5.91 Å². The van der Waals surface area contributed by atoms with Crippen molar-refractivity contribution in [3.63, 3.8) is 0 Å². The molecule has 11 nitrogen and oxygen atoms in total. The van der Waals surface area contributed by atoms with E-state index in [2.05, 4.69) is 42.1 Å². The number of hydrogen-bond acceptors (Lipinski definition) is 7. The summed E-state index contributed by atoms with van der Waals surface area (Å²) in [7, 11) is 0. The van der Waals surface area contributed by atoms with Crippen molar-refractivity contribution in [2.24, 2.45) is 0 Å². The number of nitriles is 1. The minimum absolute atomic E-state index is 0.0457. The Balaban J connectivity index is 1.49. The molecular weight excluding hydrogens is 602 g/mol. The number of anilines is 1. The van der Waals surface area contributed by atoms with Gasteiger partial charge in [0.05, 0.1) is 27.9 Å². The van der Waals surface area contributed by atoms with Gasteiger partial charge in [0.1, 0.15) is 10.3 Å². The molecule has 202 valence electrons. The molecule has 2 aromatic heterocycles. The third-order valence-corrected chi connectivity index (χ3v) is 6.18. The Morgan fingerprint density at radius 2 is 1.88 bits per heavy atom. The molecule has 3 N–H and O–H groups in total. The molecule has 0 fully saturated rings. The molecule has 0 radical (unpaired) electrons. The Morgan fingerprint density at radius 3 is 2.60 bits per heavy atom. The minimum Gasteiger partial charge on any atom is -0.350 e. The van der Waals surface area contributed by atoms with Crippen LogP contribution in [0.15, 0.2) is 71.5 Å². The van der Waals surface area contributed by atoms with Crippen molar-refractivity contribution in [2.75, 3.05) is 11.9 Å². The van der Waals surface area contributed by atoms with E-state index in [4.69, 9.17) is 16.4 Å². The van der Waals surface area contributed by atoms with Crippen LogP contribution in [0, 0.1) is 18.3 Å². The van der Waals surface area contributed by atoms with Crippen molar-refractivity contribution < 1.29 is 19.2 Å². The molecule has 0 atom stereocenters. The lowest BCUT2D eigenvalue weighted by Gasteiger charge is -2.15. The van der Waals surface area contributed by atoms with E-state index in [0.717, 1.165) is 5.56 Å². The molecule has 4 rings (SSSR count). The number of halogens is 2. The van der Waals surface area contributed by atoms with Crippen LogP contribution in [-0.4, -0.2) is 39.1 Å². The molecule has 0 saturated carbocycles. The molecular formula is C27H21BrClN7O4. The second-order valence-electron chi connectivity index (χ2n) is 8.34. The van der Waals surface area contributed by atoms with Crippen LogP contribution in [0.25, 0.3) is 5.82 Å². The molecule has 0 bridgehead atoms. The smallest absolute Gasteiger partial charge is 0.277 e. The number of benzene rings is 2. The van der Waals surface area contributed by atoms with E-state index in [9.17, 15) is 19.6 Å². The van der Waals surface area contributed by atoms with E-state index in [-0.39, 0.29) is 33.3 Å². The highest BCUT2D eigenvalue weighted by molar-refractivity contribution is 9.10. The Morgan fingerprint density at radius 1 is 1.10 bits per heavy atom. The monoisotopic (exact) mass is 621 g/mol. The summed E-state index contributed by atoms with van der Waals surface area (Å²) in [5.41, 5.74) is 3.90. The van der Waals surface area contributed by atoms with Gasteiger partial charge < -0.3 is 10.6 Å². The maximum absolute atomic E-state index is 13.4. The fourth-order valence-electron chi connectivity index (χ4n) is 3.65. The molecule has 2 aromatic carbocycles. The number of pyridine rings is 1. The summed E-state index contributed by atoms with van der Waals surface area (Å²) in [6, 6.07) is 18.8. The number of aromatic nitrogens is 3. The van der Waals surface area contributed by atoms with Crippen LogP contribution >= 0.6 is 27.5 Å². The predicted molar refractivity (Wildman–Crippen MR) is 150 cm³/mol. The number of hydroxylamine groups is 1. The fourth-order valence-corrected chi connectivity index (χ4v) is 4.23. The first-order chi connectivity index (χ1) is 19.3. The number of amides is 3. The SMILES string of the molecule is Cc1cc(C#N)cc(C(=O)NOCC(=O)NCc2ccccc2)c1NC(=O)c1cc(Br)nn1-c1ncccc1Cl. The largest absolute Gasteiger partial charge is 0.350 e. The van der Waals surface area contributed by atoms with Gasteiger partial charge in [-0.05, 0) is 58.2 Å². The molecule has 0 saturated heterocycles. The van der Waals surface area contributed by atoms with E-state index < -0.39 is 24.3 Å². The second kappa shape index (κ2) is 13.0. The zero-order valence-corrected chi connectivity index (χ0v) is 23.3. The van der Waals surface area contributed by atoms with Crippen LogP contribution in [0.4, 0.5) is 5.69 Å². The van der Waals surface area contributed by atoms with Gasteiger partial charge in [0, 0.05) is 18.8 Å². The van der Waals surface area contributed by atoms with Crippen LogP contribution in [0.2, 0.25) is 5.02 Å². The molecule has 3 amide bonds. The fraction of sp³-hybridized carbons (Fsp3) is 0.111. The average molecular weight is 623 g/mol. The van der Waals surface area contributed by atoms with E-state index >= 15 is 0 Å². The number of nitrogens with one attached hydrogen (secondary N) is 3. The van der Waals surface area contributed by atoms with Gasteiger partial charge in [-0.3, -0.25) is 19.2 Å². The lowest BCUT2D eigenvalue weighted by atomic mass is 10.0. The van der Waals surface area contributed by atoms with Crippen LogP contribution in [-0.2, 0) is 16.2 Å². The number of rotatable bonds is 9. The van der Waals surface area contributed by atoms with Gasteiger partial charge in [0.15, 0.2) is 12.4 Å². The first-order valence-corrected chi connectivity index (χ1v) is 12.9. The number of nitrogens with zero attached hydrogens (tertiary/aromatic N) is 4. The second-order valence-corrected chi connectivity index (χ2v) is 9.56. The van der Waals surface area contributed by atoms with Crippen LogP contribution in [0.3, 0.4) is 0 Å². The summed E-state index contributed by atoms with van der Waals surface area (Å²) in [4.78, 5) is 47.8. The van der Waals surface area contributed by atoms with E-state index in [1.807, 2.05) is 36.4 Å². The van der Waals surface area contributed by atoms with Crippen molar-refractivity contribution in [3.8, 4) is 11.9 Å². The highest BCUT2D eigenvalue weighted by Crippen LogP contribution is 2.26.